The van der Waals surface area contributed by atoms with E-state index in [0.29, 0.717) is 5.69 Å². The van der Waals surface area contributed by atoms with Crippen LogP contribution >= 0.6 is 0 Å². The monoisotopic (exact) mass is 215 g/mol. The Bertz CT molecular complexity index is 439. The second-order valence-corrected chi connectivity index (χ2v) is 3.43. The molecule has 0 saturated carbocycles. The predicted molar refractivity (Wildman–Crippen MR) is 61.3 cm³/mol. The number of aliphatic hydroxyl groups excluding tert-OH is 1. The molecule has 2 rings (SSSR count). The summed E-state index contributed by atoms with van der Waals surface area (Å²) < 4.78 is 5.06. The number of benzene rings is 1. The zero-order valence-electron chi connectivity index (χ0n) is 9.00. The molecule has 0 amide bonds. The molecule has 1 aromatic heterocycles. The SMILES string of the molecule is COc1ccc([C@H](O)c2ccccn2)cc1. The van der Waals surface area contributed by atoms with Gasteiger partial charge in [-0.15, -0.1) is 0 Å². The largest absolute Gasteiger partial charge is 0.497 e. The highest BCUT2D eigenvalue weighted by molar-refractivity contribution is 5.31. The van der Waals surface area contributed by atoms with Crippen LogP contribution in [0.5, 0.6) is 5.75 Å². The van der Waals surface area contributed by atoms with Gasteiger partial charge in [0, 0.05) is 6.20 Å². The molecule has 1 heterocycles. The number of ether oxygens (including phenoxy) is 1. The minimum absolute atomic E-state index is 0.646. The van der Waals surface area contributed by atoms with Crippen molar-refractivity contribution in [1.29, 1.82) is 0 Å². The summed E-state index contributed by atoms with van der Waals surface area (Å²) in [5.74, 6) is 0.775. The van der Waals surface area contributed by atoms with Crippen LogP contribution in [0.2, 0.25) is 0 Å². The average Bonchev–Trinajstić information content (AvgIpc) is 2.39. The molecule has 2 aromatic rings. The molecule has 1 atom stereocenters. The molecule has 0 saturated heterocycles. The van der Waals surface area contributed by atoms with E-state index in [1.54, 1.807) is 19.4 Å². The number of hydrogen-bond acceptors (Lipinski definition) is 3. The van der Waals surface area contributed by atoms with Crippen molar-refractivity contribution in [3.05, 3.63) is 59.9 Å². The van der Waals surface area contributed by atoms with Gasteiger partial charge in [0.2, 0.25) is 0 Å². The molecule has 1 N–H and O–H groups in total. The summed E-state index contributed by atoms with van der Waals surface area (Å²) in [4.78, 5) is 4.12. The number of nitrogens with zero attached hydrogens (tertiary/aromatic N) is 1. The maximum absolute atomic E-state index is 10.1. The summed E-state index contributed by atoms with van der Waals surface area (Å²) in [5.41, 5.74) is 1.45. The van der Waals surface area contributed by atoms with E-state index < -0.39 is 6.10 Å². The van der Waals surface area contributed by atoms with Gasteiger partial charge in [-0.2, -0.15) is 0 Å². The molecular formula is C13H13NO2. The van der Waals surface area contributed by atoms with Gasteiger partial charge in [-0.05, 0) is 29.8 Å². The third-order valence-corrected chi connectivity index (χ3v) is 2.40. The minimum Gasteiger partial charge on any atom is -0.497 e. The molecule has 16 heavy (non-hydrogen) atoms. The van der Waals surface area contributed by atoms with Crippen molar-refractivity contribution >= 4 is 0 Å². The van der Waals surface area contributed by atoms with Gasteiger partial charge in [0.25, 0.3) is 0 Å². The number of pyridine rings is 1. The van der Waals surface area contributed by atoms with Gasteiger partial charge in [0.15, 0.2) is 0 Å². The molecule has 3 nitrogen and oxygen atoms in total. The third-order valence-electron chi connectivity index (χ3n) is 2.40. The molecular weight excluding hydrogens is 202 g/mol. The van der Waals surface area contributed by atoms with Gasteiger partial charge in [0.1, 0.15) is 11.9 Å². The molecule has 82 valence electrons. The predicted octanol–water partition coefficient (Wildman–Crippen LogP) is 2.17. The van der Waals surface area contributed by atoms with Crippen molar-refractivity contribution < 1.29 is 9.84 Å². The van der Waals surface area contributed by atoms with Crippen molar-refractivity contribution in [3.63, 3.8) is 0 Å². The van der Waals surface area contributed by atoms with Gasteiger partial charge in [-0.3, -0.25) is 4.98 Å². The van der Waals surface area contributed by atoms with Gasteiger partial charge in [0.05, 0.1) is 12.8 Å². The Kier molecular flexibility index (Phi) is 3.17. The lowest BCUT2D eigenvalue weighted by atomic mass is 10.1. The molecule has 0 radical (unpaired) electrons. The summed E-state index contributed by atoms with van der Waals surface area (Å²) in [6.07, 6.45) is 0.981. The first kappa shape index (κ1) is 10.6. The second kappa shape index (κ2) is 4.77. The third kappa shape index (κ3) is 2.20. The lowest BCUT2D eigenvalue weighted by Crippen LogP contribution is -2.01. The fraction of sp³-hybridized carbons (Fsp3) is 0.154. The lowest BCUT2D eigenvalue weighted by Gasteiger charge is -2.10. The average molecular weight is 215 g/mol. The normalized spacial score (nSPS) is 12.1. The molecule has 1 aromatic carbocycles. The van der Waals surface area contributed by atoms with Crippen molar-refractivity contribution in [3.8, 4) is 5.75 Å². The van der Waals surface area contributed by atoms with Crippen LogP contribution in [0.15, 0.2) is 48.7 Å². The molecule has 0 aliphatic carbocycles. The minimum atomic E-state index is -0.688. The standard InChI is InChI=1S/C13H13NO2/c1-16-11-7-5-10(6-8-11)13(15)12-4-2-3-9-14-12/h2-9,13,15H,1H3/t13-/m0/s1. The highest BCUT2D eigenvalue weighted by Gasteiger charge is 2.10. The lowest BCUT2D eigenvalue weighted by molar-refractivity contribution is 0.215. The molecule has 0 aliphatic heterocycles. The van der Waals surface area contributed by atoms with Crippen LogP contribution < -0.4 is 4.74 Å². The zero-order valence-corrected chi connectivity index (χ0v) is 9.00. The Balaban J connectivity index is 2.24. The number of rotatable bonds is 3. The first-order valence-corrected chi connectivity index (χ1v) is 5.04. The smallest absolute Gasteiger partial charge is 0.121 e. The van der Waals surface area contributed by atoms with Gasteiger partial charge < -0.3 is 9.84 Å². The molecule has 0 unspecified atom stereocenters. The Labute approximate surface area is 94.3 Å². The summed E-state index contributed by atoms with van der Waals surface area (Å²) in [6, 6.07) is 12.8. The van der Waals surface area contributed by atoms with E-state index in [2.05, 4.69) is 4.98 Å². The number of aromatic nitrogens is 1. The zero-order chi connectivity index (χ0) is 11.4. The summed E-state index contributed by atoms with van der Waals surface area (Å²) in [7, 11) is 1.62. The first-order chi connectivity index (χ1) is 7.81. The van der Waals surface area contributed by atoms with Crippen LogP contribution in [0.4, 0.5) is 0 Å². The van der Waals surface area contributed by atoms with E-state index >= 15 is 0 Å². The van der Waals surface area contributed by atoms with Gasteiger partial charge >= 0.3 is 0 Å². The number of aliphatic hydroxyl groups is 1. The van der Waals surface area contributed by atoms with Crippen molar-refractivity contribution in [2.75, 3.05) is 7.11 Å². The molecule has 0 aliphatic rings. The molecule has 3 heteroatoms. The van der Waals surface area contributed by atoms with Crippen LogP contribution in [0.3, 0.4) is 0 Å². The maximum atomic E-state index is 10.1. The fourth-order valence-corrected chi connectivity index (χ4v) is 1.49. The van der Waals surface area contributed by atoms with E-state index in [1.165, 1.54) is 0 Å². The Morgan fingerprint density at radius 2 is 1.88 bits per heavy atom. The van der Waals surface area contributed by atoms with E-state index in [1.807, 2.05) is 36.4 Å². The number of hydrogen-bond donors (Lipinski definition) is 1. The highest BCUT2D eigenvalue weighted by Crippen LogP contribution is 2.21. The van der Waals surface area contributed by atoms with Gasteiger partial charge in [-0.1, -0.05) is 18.2 Å². The molecule has 0 spiro atoms. The van der Waals surface area contributed by atoms with Crippen LogP contribution in [-0.4, -0.2) is 17.2 Å². The highest BCUT2D eigenvalue weighted by atomic mass is 16.5. The van der Waals surface area contributed by atoms with Crippen LogP contribution in [-0.2, 0) is 0 Å². The van der Waals surface area contributed by atoms with Crippen LogP contribution in [0.25, 0.3) is 0 Å². The maximum Gasteiger partial charge on any atom is 0.121 e. The van der Waals surface area contributed by atoms with Crippen molar-refractivity contribution in [1.82, 2.24) is 4.98 Å². The van der Waals surface area contributed by atoms with E-state index in [-0.39, 0.29) is 0 Å². The van der Waals surface area contributed by atoms with Crippen LogP contribution in [0, 0.1) is 0 Å². The summed E-state index contributed by atoms with van der Waals surface area (Å²) in [5, 5.41) is 10.1. The van der Waals surface area contributed by atoms with Crippen molar-refractivity contribution in [2.45, 2.75) is 6.10 Å². The Morgan fingerprint density at radius 3 is 2.44 bits per heavy atom. The van der Waals surface area contributed by atoms with Gasteiger partial charge in [-0.25, -0.2) is 0 Å². The Morgan fingerprint density at radius 1 is 1.12 bits per heavy atom. The van der Waals surface area contributed by atoms with E-state index in [9.17, 15) is 5.11 Å². The number of methoxy groups -OCH3 is 1. The summed E-state index contributed by atoms with van der Waals surface area (Å²) in [6.45, 7) is 0. The quantitative estimate of drug-likeness (QED) is 0.853. The second-order valence-electron chi connectivity index (χ2n) is 3.43. The first-order valence-electron chi connectivity index (χ1n) is 5.04. The fourth-order valence-electron chi connectivity index (χ4n) is 1.49. The van der Waals surface area contributed by atoms with E-state index in [4.69, 9.17) is 4.74 Å². The van der Waals surface area contributed by atoms with E-state index in [0.717, 1.165) is 11.3 Å². The topological polar surface area (TPSA) is 42.4 Å². The Hall–Kier alpha value is -1.87. The van der Waals surface area contributed by atoms with Crippen molar-refractivity contribution in [2.24, 2.45) is 0 Å². The summed E-state index contributed by atoms with van der Waals surface area (Å²) >= 11 is 0. The molecule has 0 fully saturated rings. The molecule has 0 bridgehead atoms. The van der Waals surface area contributed by atoms with Crippen LogP contribution in [0.1, 0.15) is 17.4 Å².